The van der Waals surface area contributed by atoms with Crippen LogP contribution in [0.5, 0.6) is 11.5 Å². The monoisotopic (exact) mass is 314 g/mol. The molecule has 23 heavy (non-hydrogen) atoms. The average Bonchev–Trinajstić information content (AvgIpc) is 2.61. The Labute approximate surface area is 136 Å². The number of benzene rings is 2. The maximum Gasteiger partial charge on any atom is 0.119 e. The standard InChI is InChI=1S/C18H22N2O3/c1-18(13-21,12-14-4-8-16(22-2)9-5-14)20-19-15-6-10-17(23-3)11-7-15/h4-11,21H,12-13H2,1-3H3/t18-/m1/s1. The van der Waals surface area contributed by atoms with E-state index in [0.717, 1.165) is 22.7 Å². The fourth-order valence-corrected chi connectivity index (χ4v) is 2.13. The molecule has 0 bridgehead atoms. The van der Waals surface area contributed by atoms with Crippen LogP contribution in [-0.4, -0.2) is 31.5 Å². The lowest BCUT2D eigenvalue weighted by Gasteiger charge is -2.21. The van der Waals surface area contributed by atoms with Gasteiger partial charge in [0.2, 0.25) is 0 Å². The Bertz CT molecular complexity index is 638. The van der Waals surface area contributed by atoms with Crippen LogP contribution in [0.1, 0.15) is 12.5 Å². The van der Waals surface area contributed by atoms with E-state index >= 15 is 0 Å². The first-order valence-corrected chi connectivity index (χ1v) is 7.39. The summed E-state index contributed by atoms with van der Waals surface area (Å²) in [6.07, 6.45) is 0.590. The Morgan fingerprint density at radius 3 is 1.91 bits per heavy atom. The van der Waals surface area contributed by atoms with Gasteiger partial charge in [0.25, 0.3) is 0 Å². The van der Waals surface area contributed by atoms with Crippen molar-refractivity contribution in [3.63, 3.8) is 0 Å². The fourth-order valence-electron chi connectivity index (χ4n) is 2.13. The van der Waals surface area contributed by atoms with Crippen molar-refractivity contribution in [3.8, 4) is 11.5 Å². The number of nitrogens with zero attached hydrogens (tertiary/aromatic N) is 2. The van der Waals surface area contributed by atoms with Crippen LogP contribution < -0.4 is 9.47 Å². The molecule has 2 aromatic carbocycles. The first kappa shape index (κ1) is 17.0. The van der Waals surface area contributed by atoms with Crippen molar-refractivity contribution >= 4 is 5.69 Å². The summed E-state index contributed by atoms with van der Waals surface area (Å²) in [5.41, 5.74) is 1.12. The van der Waals surface area contributed by atoms with Crippen LogP contribution in [0.15, 0.2) is 58.8 Å². The van der Waals surface area contributed by atoms with Gasteiger partial charge in [-0.3, -0.25) is 0 Å². The summed E-state index contributed by atoms with van der Waals surface area (Å²) in [4.78, 5) is 0. The fraction of sp³-hybridized carbons (Fsp3) is 0.333. The summed E-state index contributed by atoms with van der Waals surface area (Å²) in [5, 5.41) is 18.3. The lowest BCUT2D eigenvalue weighted by molar-refractivity contribution is 0.204. The van der Waals surface area contributed by atoms with Crippen molar-refractivity contribution in [1.29, 1.82) is 0 Å². The van der Waals surface area contributed by atoms with E-state index in [4.69, 9.17) is 9.47 Å². The predicted octanol–water partition coefficient (Wildman–Crippen LogP) is 3.78. The average molecular weight is 314 g/mol. The third-order valence-electron chi connectivity index (χ3n) is 3.56. The van der Waals surface area contributed by atoms with Gasteiger partial charge in [0.1, 0.15) is 17.0 Å². The molecular formula is C18H22N2O3. The molecule has 0 amide bonds. The van der Waals surface area contributed by atoms with Gasteiger partial charge < -0.3 is 14.6 Å². The Morgan fingerprint density at radius 1 is 0.913 bits per heavy atom. The molecule has 0 heterocycles. The SMILES string of the molecule is COc1ccc(C[C@](C)(CO)N=Nc2ccc(OC)cc2)cc1. The van der Waals surface area contributed by atoms with Crippen molar-refractivity contribution in [2.45, 2.75) is 18.9 Å². The van der Waals surface area contributed by atoms with Gasteiger partial charge in [-0.25, -0.2) is 0 Å². The van der Waals surface area contributed by atoms with Crippen LogP contribution in [0.25, 0.3) is 0 Å². The lowest BCUT2D eigenvalue weighted by Crippen LogP contribution is -2.29. The van der Waals surface area contributed by atoms with Crippen LogP contribution in [0.3, 0.4) is 0 Å². The normalized spacial score (nSPS) is 13.7. The molecule has 5 nitrogen and oxygen atoms in total. The molecule has 0 aliphatic heterocycles. The minimum absolute atomic E-state index is 0.0846. The summed E-state index contributed by atoms with van der Waals surface area (Å²) >= 11 is 0. The van der Waals surface area contributed by atoms with Gasteiger partial charge in [-0.1, -0.05) is 12.1 Å². The molecule has 0 saturated heterocycles. The largest absolute Gasteiger partial charge is 0.497 e. The second-order valence-electron chi connectivity index (χ2n) is 5.58. The first-order chi connectivity index (χ1) is 11.1. The lowest BCUT2D eigenvalue weighted by atomic mass is 9.95. The number of azo groups is 1. The number of aliphatic hydroxyl groups is 1. The highest BCUT2D eigenvalue weighted by atomic mass is 16.5. The quantitative estimate of drug-likeness (QED) is 0.791. The maximum absolute atomic E-state index is 9.71. The summed E-state index contributed by atoms with van der Waals surface area (Å²) in [6.45, 7) is 1.79. The van der Waals surface area contributed by atoms with E-state index in [9.17, 15) is 5.11 Å². The van der Waals surface area contributed by atoms with Crippen LogP contribution in [0.4, 0.5) is 5.69 Å². The topological polar surface area (TPSA) is 63.4 Å². The minimum atomic E-state index is -0.672. The van der Waals surface area contributed by atoms with E-state index in [1.807, 2.05) is 55.5 Å². The molecule has 5 heteroatoms. The van der Waals surface area contributed by atoms with E-state index in [2.05, 4.69) is 10.2 Å². The van der Waals surface area contributed by atoms with Crippen molar-refractivity contribution in [1.82, 2.24) is 0 Å². The molecule has 0 aromatic heterocycles. The Morgan fingerprint density at radius 2 is 1.43 bits per heavy atom. The van der Waals surface area contributed by atoms with Gasteiger partial charge in [-0.2, -0.15) is 10.2 Å². The van der Waals surface area contributed by atoms with Crippen molar-refractivity contribution < 1.29 is 14.6 Å². The van der Waals surface area contributed by atoms with Gasteiger partial charge in [0.15, 0.2) is 0 Å². The third kappa shape index (κ3) is 4.79. The molecule has 1 atom stereocenters. The molecule has 0 unspecified atom stereocenters. The van der Waals surface area contributed by atoms with Crippen LogP contribution >= 0.6 is 0 Å². The second-order valence-corrected chi connectivity index (χ2v) is 5.58. The smallest absolute Gasteiger partial charge is 0.119 e. The molecule has 0 saturated carbocycles. The van der Waals surface area contributed by atoms with Crippen LogP contribution in [-0.2, 0) is 6.42 Å². The number of methoxy groups -OCH3 is 2. The Balaban J connectivity index is 2.10. The molecular weight excluding hydrogens is 292 g/mol. The zero-order valence-corrected chi connectivity index (χ0v) is 13.7. The van der Waals surface area contributed by atoms with Crippen molar-refractivity contribution in [2.24, 2.45) is 10.2 Å². The third-order valence-corrected chi connectivity index (χ3v) is 3.56. The molecule has 1 N–H and O–H groups in total. The zero-order chi connectivity index (χ0) is 16.7. The summed E-state index contributed by atoms with van der Waals surface area (Å²) < 4.78 is 10.3. The second kappa shape index (κ2) is 7.74. The molecule has 0 spiro atoms. The number of aliphatic hydroxyl groups excluding tert-OH is 1. The van der Waals surface area contributed by atoms with Gasteiger partial charge >= 0.3 is 0 Å². The number of rotatable bonds is 7. The van der Waals surface area contributed by atoms with Crippen molar-refractivity contribution in [2.75, 3.05) is 20.8 Å². The van der Waals surface area contributed by atoms with Crippen molar-refractivity contribution in [3.05, 3.63) is 54.1 Å². The van der Waals surface area contributed by atoms with Crippen LogP contribution in [0.2, 0.25) is 0 Å². The molecule has 2 rings (SSSR count). The van der Waals surface area contributed by atoms with E-state index in [1.165, 1.54) is 0 Å². The van der Waals surface area contributed by atoms with E-state index < -0.39 is 5.54 Å². The van der Waals surface area contributed by atoms with E-state index in [0.29, 0.717) is 6.42 Å². The molecule has 2 aromatic rings. The van der Waals surface area contributed by atoms with Crippen LogP contribution in [0, 0.1) is 0 Å². The summed E-state index contributed by atoms with van der Waals surface area (Å²) in [5.74, 6) is 1.58. The molecule has 0 fully saturated rings. The number of ether oxygens (including phenoxy) is 2. The van der Waals surface area contributed by atoms with Gasteiger partial charge in [-0.15, -0.1) is 0 Å². The van der Waals surface area contributed by atoms with E-state index in [1.54, 1.807) is 14.2 Å². The highest BCUT2D eigenvalue weighted by Crippen LogP contribution is 2.23. The zero-order valence-electron chi connectivity index (χ0n) is 13.7. The first-order valence-electron chi connectivity index (χ1n) is 7.39. The molecule has 122 valence electrons. The van der Waals surface area contributed by atoms with E-state index in [-0.39, 0.29) is 6.61 Å². The number of hydrogen-bond donors (Lipinski definition) is 1. The number of hydrogen-bond acceptors (Lipinski definition) is 5. The predicted molar refractivity (Wildman–Crippen MR) is 89.7 cm³/mol. The Kier molecular flexibility index (Phi) is 5.71. The molecule has 0 radical (unpaired) electrons. The van der Waals surface area contributed by atoms with Gasteiger partial charge in [0.05, 0.1) is 26.5 Å². The van der Waals surface area contributed by atoms with Gasteiger partial charge in [0, 0.05) is 6.42 Å². The highest BCUT2D eigenvalue weighted by Gasteiger charge is 2.23. The summed E-state index contributed by atoms with van der Waals surface area (Å²) in [7, 11) is 3.25. The highest BCUT2D eigenvalue weighted by molar-refractivity contribution is 5.40. The Hall–Kier alpha value is -2.40. The minimum Gasteiger partial charge on any atom is -0.497 e. The summed E-state index contributed by atoms with van der Waals surface area (Å²) in [6, 6.07) is 15.0. The molecule has 0 aliphatic carbocycles. The maximum atomic E-state index is 9.71. The molecule has 0 aliphatic rings. The van der Waals surface area contributed by atoms with Gasteiger partial charge in [-0.05, 0) is 48.9 Å².